The molecular weight excluding hydrogens is 294 g/mol. The van der Waals surface area contributed by atoms with Crippen LogP contribution >= 0.6 is 0 Å². The van der Waals surface area contributed by atoms with Gasteiger partial charge in [-0.25, -0.2) is 9.97 Å². The van der Waals surface area contributed by atoms with E-state index in [9.17, 15) is 4.79 Å². The summed E-state index contributed by atoms with van der Waals surface area (Å²) in [5, 5.41) is 10.2. The molecule has 0 unspecified atom stereocenters. The van der Waals surface area contributed by atoms with Crippen LogP contribution in [0.1, 0.15) is 41.5 Å². The number of aryl methyl sites for hydroxylation is 2. The van der Waals surface area contributed by atoms with Crippen molar-refractivity contribution in [2.24, 2.45) is 5.73 Å². The van der Waals surface area contributed by atoms with Gasteiger partial charge in [0.1, 0.15) is 5.52 Å². The Morgan fingerprint density at radius 2 is 2.22 bits per heavy atom. The summed E-state index contributed by atoms with van der Waals surface area (Å²) in [5.41, 5.74) is 8.51. The van der Waals surface area contributed by atoms with Crippen molar-refractivity contribution in [2.75, 3.05) is 5.32 Å². The Bertz CT molecular complexity index is 849. The van der Waals surface area contributed by atoms with Crippen LogP contribution < -0.4 is 11.1 Å². The molecule has 0 spiro atoms. The largest absolute Gasteiger partial charge is 0.365 e. The number of carbonyl (C=O) groups excluding carboxylic acids is 1. The minimum atomic E-state index is -0.534. The highest BCUT2D eigenvalue weighted by Crippen LogP contribution is 2.23. The number of primary amides is 1. The number of rotatable bonds is 6. The SMILES string of the molecule is CCCCc1nc2[nH]cc(C(N)=O)c2nc1Nc1cc(C)[nH]n1. The zero-order valence-corrected chi connectivity index (χ0v) is 13.1. The highest BCUT2D eigenvalue weighted by molar-refractivity contribution is 6.03. The summed E-state index contributed by atoms with van der Waals surface area (Å²) >= 11 is 0. The molecule has 0 saturated carbocycles. The molecule has 0 saturated heterocycles. The van der Waals surface area contributed by atoms with Crippen LogP contribution in [0, 0.1) is 6.92 Å². The number of H-pyrrole nitrogens is 2. The first-order chi connectivity index (χ1) is 11.1. The first kappa shape index (κ1) is 15.0. The Morgan fingerprint density at radius 1 is 1.39 bits per heavy atom. The normalized spacial score (nSPS) is 11.0. The Balaban J connectivity index is 2.06. The van der Waals surface area contributed by atoms with Gasteiger partial charge in [0, 0.05) is 18.0 Å². The van der Waals surface area contributed by atoms with Crippen LogP contribution in [0.5, 0.6) is 0 Å². The first-order valence-electron chi connectivity index (χ1n) is 7.55. The van der Waals surface area contributed by atoms with Gasteiger partial charge in [-0.2, -0.15) is 5.10 Å². The molecule has 8 heteroatoms. The lowest BCUT2D eigenvalue weighted by molar-refractivity contribution is 0.100. The molecule has 0 aliphatic carbocycles. The van der Waals surface area contributed by atoms with E-state index in [2.05, 4.69) is 37.4 Å². The summed E-state index contributed by atoms with van der Waals surface area (Å²) in [4.78, 5) is 23.6. The predicted octanol–water partition coefficient (Wildman–Crippen LogP) is 2.17. The molecular formula is C15H19N7O. The van der Waals surface area contributed by atoms with Crippen LogP contribution in [0.2, 0.25) is 0 Å². The summed E-state index contributed by atoms with van der Waals surface area (Å²) in [6, 6.07) is 1.88. The summed E-state index contributed by atoms with van der Waals surface area (Å²) < 4.78 is 0. The van der Waals surface area contributed by atoms with E-state index in [4.69, 9.17) is 5.73 Å². The average molecular weight is 313 g/mol. The zero-order chi connectivity index (χ0) is 16.4. The second kappa shape index (κ2) is 6.07. The number of unbranched alkanes of at least 4 members (excludes halogenated alkanes) is 1. The van der Waals surface area contributed by atoms with E-state index in [1.807, 2.05) is 13.0 Å². The predicted molar refractivity (Wildman–Crippen MR) is 87.6 cm³/mol. The van der Waals surface area contributed by atoms with Crippen molar-refractivity contribution >= 4 is 28.7 Å². The van der Waals surface area contributed by atoms with Gasteiger partial charge >= 0.3 is 0 Å². The second-order valence-electron chi connectivity index (χ2n) is 5.45. The van der Waals surface area contributed by atoms with Crippen molar-refractivity contribution in [3.63, 3.8) is 0 Å². The van der Waals surface area contributed by atoms with Crippen LogP contribution in [0.15, 0.2) is 12.3 Å². The summed E-state index contributed by atoms with van der Waals surface area (Å²) in [6.45, 7) is 4.04. The maximum absolute atomic E-state index is 11.5. The third kappa shape index (κ3) is 3.01. The highest BCUT2D eigenvalue weighted by atomic mass is 16.1. The molecule has 0 atom stereocenters. The van der Waals surface area contributed by atoms with Crippen molar-refractivity contribution in [2.45, 2.75) is 33.1 Å². The molecule has 3 rings (SSSR count). The molecule has 0 aliphatic heterocycles. The fourth-order valence-electron chi connectivity index (χ4n) is 2.38. The van der Waals surface area contributed by atoms with Gasteiger partial charge in [0.05, 0.1) is 11.3 Å². The number of nitrogens with two attached hydrogens (primary N) is 1. The van der Waals surface area contributed by atoms with Crippen LogP contribution in [0.4, 0.5) is 11.6 Å². The Labute approximate surface area is 132 Å². The lowest BCUT2D eigenvalue weighted by atomic mass is 10.2. The number of hydrogen-bond donors (Lipinski definition) is 4. The van der Waals surface area contributed by atoms with Crippen molar-refractivity contribution in [1.29, 1.82) is 0 Å². The molecule has 0 bridgehead atoms. The third-order valence-electron chi connectivity index (χ3n) is 3.56. The van der Waals surface area contributed by atoms with E-state index in [0.29, 0.717) is 28.4 Å². The molecule has 0 aromatic carbocycles. The first-order valence-corrected chi connectivity index (χ1v) is 7.55. The molecule has 0 aliphatic rings. The van der Waals surface area contributed by atoms with Gasteiger partial charge in [-0.3, -0.25) is 9.89 Å². The van der Waals surface area contributed by atoms with Crippen molar-refractivity contribution in [1.82, 2.24) is 25.1 Å². The average Bonchev–Trinajstić information content (AvgIpc) is 3.10. The van der Waals surface area contributed by atoms with Gasteiger partial charge in [0.15, 0.2) is 17.3 Å². The molecule has 3 aromatic heterocycles. The smallest absolute Gasteiger partial charge is 0.252 e. The number of nitrogens with one attached hydrogen (secondary N) is 3. The highest BCUT2D eigenvalue weighted by Gasteiger charge is 2.16. The van der Waals surface area contributed by atoms with Gasteiger partial charge in [-0.1, -0.05) is 13.3 Å². The Morgan fingerprint density at radius 3 is 2.87 bits per heavy atom. The molecule has 23 heavy (non-hydrogen) atoms. The Kier molecular flexibility index (Phi) is 3.96. The van der Waals surface area contributed by atoms with Gasteiger partial charge in [-0.05, 0) is 19.8 Å². The number of aromatic amines is 2. The summed E-state index contributed by atoms with van der Waals surface area (Å²) in [6.07, 6.45) is 4.38. The quantitative estimate of drug-likeness (QED) is 0.555. The van der Waals surface area contributed by atoms with Gasteiger partial charge < -0.3 is 16.0 Å². The minimum Gasteiger partial charge on any atom is -0.365 e. The number of anilines is 2. The van der Waals surface area contributed by atoms with Crippen molar-refractivity contribution < 1.29 is 4.79 Å². The molecule has 5 N–H and O–H groups in total. The van der Waals surface area contributed by atoms with Crippen LogP contribution in [0.3, 0.4) is 0 Å². The molecule has 0 fully saturated rings. The van der Waals surface area contributed by atoms with Gasteiger partial charge in [0.25, 0.3) is 5.91 Å². The molecule has 1 amide bonds. The van der Waals surface area contributed by atoms with E-state index in [1.165, 1.54) is 0 Å². The molecule has 120 valence electrons. The van der Waals surface area contributed by atoms with E-state index >= 15 is 0 Å². The van der Waals surface area contributed by atoms with Gasteiger partial charge in [0.2, 0.25) is 0 Å². The van der Waals surface area contributed by atoms with Gasteiger partial charge in [-0.15, -0.1) is 0 Å². The standard InChI is InChI=1S/C15H19N7O/c1-3-4-5-10-14(19-11-6-8(2)21-22-11)20-12-9(13(16)23)7-17-15(12)18-10/h6-7H,3-5H2,1-2H3,(H2,16,23)(H,17,18)(H2,19,20,21,22). The molecule has 8 nitrogen and oxygen atoms in total. The monoisotopic (exact) mass is 313 g/mol. The lowest BCUT2D eigenvalue weighted by Gasteiger charge is -2.09. The molecule has 3 heterocycles. The molecule has 3 aromatic rings. The number of fused-ring (bicyclic) bond motifs is 1. The number of aromatic nitrogens is 5. The number of nitrogens with zero attached hydrogens (tertiary/aromatic N) is 3. The van der Waals surface area contributed by atoms with E-state index < -0.39 is 5.91 Å². The number of hydrogen-bond acceptors (Lipinski definition) is 5. The maximum Gasteiger partial charge on any atom is 0.252 e. The zero-order valence-electron chi connectivity index (χ0n) is 13.1. The topological polar surface area (TPSA) is 125 Å². The van der Waals surface area contributed by atoms with Crippen LogP contribution in [-0.2, 0) is 6.42 Å². The summed E-state index contributed by atoms with van der Waals surface area (Å²) in [7, 11) is 0. The summed E-state index contributed by atoms with van der Waals surface area (Å²) in [5.74, 6) is 0.720. The van der Waals surface area contributed by atoms with E-state index in [-0.39, 0.29) is 0 Å². The second-order valence-corrected chi connectivity index (χ2v) is 5.45. The number of carbonyl (C=O) groups is 1. The maximum atomic E-state index is 11.5. The molecule has 0 radical (unpaired) electrons. The number of amides is 1. The van der Waals surface area contributed by atoms with E-state index in [1.54, 1.807) is 6.20 Å². The van der Waals surface area contributed by atoms with Crippen LogP contribution in [-0.4, -0.2) is 31.1 Å². The lowest BCUT2D eigenvalue weighted by Crippen LogP contribution is -2.11. The minimum absolute atomic E-state index is 0.329. The Hall–Kier alpha value is -2.90. The third-order valence-corrected chi connectivity index (χ3v) is 3.56. The fraction of sp³-hybridized carbons (Fsp3) is 0.333. The van der Waals surface area contributed by atoms with E-state index in [0.717, 1.165) is 30.7 Å². The fourth-order valence-corrected chi connectivity index (χ4v) is 2.38. The van der Waals surface area contributed by atoms with Crippen LogP contribution in [0.25, 0.3) is 11.2 Å². The van der Waals surface area contributed by atoms with Crippen molar-refractivity contribution in [3.8, 4) is 0 Å². The van der Waals surface area contributed by atoms with Crippen molar-refractivity contribution in [3.05, 3.63) is 29.2 Å².